The molecule has 3 rings (SSSR count). The largest absolute Gasteiger partial charge is 0.496 e. The Bertz CT molecular complexity index is 642. The third kappa shape index (κ3) is 4.21. The predicted molar refractivity (Wildman–Crippen MR) is 97.1 cm³/mol. The number of carbonyl (C=O) groups excluding carboxylic acids is 2. The van der Waals surface area contributed by atoms with Gasteiger partial charge in [0.15, 0.2) is 0 Å². The highest BCUT2D eigenvalue weighted by atomic mass is 16.5. The highest BCUT2D eigenvalue weighted by Gasteiger charge is 2.30. The second-order valence-electron chi connectivity index (χ2n) is 6.71. The first-order valence-electron chi connectivity index (χ1n) is 9.08. The zero-order chi connectivity index (χ0) is 17.6. The Morgan fingerprint density at radius 3 is 2.40 bits per heavy atom. The van der Waals surface area contributed by atoms with E-state index in [1.807, 2.05) is 34.1 Å². The molecule has 0 saturated carbocycles. The van der Waals surface area contributed by atoms with E-state index in [0.717, 1.165) is 50.1 Å². The Kier molecular flexibility index (Phi) is 5.74. The number of piperidine rings is 1. The fourth-order valence-corrected chi connectivity index (χ4v) is 3.61. The van der Waals surface area contributed by atoms with E-state index in [0.29, 0.717) is 13.1 Å². The minimum atomic E-state index is -0.00187. The van der Waals surface area contributed by atoms with E-state index in [4.69, 9.17) is 4.74 Å². The molecule has 5 nitrogen and oxygen atoms in total. The van der Waals surface area contributed by atoms with Gasteiger partial charge in [0, 0.05) is 43.7 Å². The summed E-state index contributed by atoms with van der Waals surface area (Å²) in [5.74, 6) is 1.12. The third-order valence-electron chi connectivity index (χ3n) is 5.12. The van der Waals surface area contributed by atoms with Gasteiger partial charge in [-0.1, -0.05) is 18.2 Å². The average molecular weight is 342 g/mol. The third-order valence-corrected chi connectivity index (χ3v) is 5.12. The van der Waals surface area contributed by atoms with Crippen LogP contribution in [0.2, 0.25) is 0 Å². The summed E-state index contributed by atoms with van der Waals surface area (Å²) in [5, 5.41) is 0. The molecule has 2 aliphatic rings. The number of hydrogen-bond acceptors (Lipinski definition) is 3. The first-order valence-corrected chi connectivity index (χ1v) is 9.08. The van der Waals surface area contributed by atoms with Crippen molar-refractivity contribution in [3.05, 3.63) is 35.9 Å². The summed E-state index contributed by atoms with van der Waals surface area (Å²) < 4.78 is 5.29. The lowest BCUT2D eigenvalue weighted by atomic mass is 9.95. The van der Waals surface area contributed by atoms with Gasteiger partial charge < -0.3 is 14.5 Å². The SMILES string of the molecule is COc1ccccc1/C=C/C(=O)N1CCC(C(=O)N2CCCC2)CC1. The minimum absolute atomic E-state index is 0.00187. The number of nitrogens with zero attached hydrogens (tertiary/aromatic N) is 2. The highest BCUT2D eigenvalue weighted by molar-refractivity contribution is 5.92. The number of methoxy groups -OCH3 is 1. The van der Waals surface area contributed by atoms with Crippen molar-refractivity contribution in [1.29, 1.82) is 0 Å². The molecule has 2 aliphatic heterocycles. The van der Waals surface area contributed by atoms with Gasteiger partial charge in [0.1, 0.15) is 5.75 Å². The molecule has 0 radical (unpaired) electrons. The molecular weight excluding hydrogens is 316 g/mol. The molecule has 0 bridgehead atoms. The fraction of sp³-hybridized carbons (Fsp3) is 0.500. The number of amides is 2. The van der Waals surface area contributed by atoms with E-state index in [2.05, 4.69) is 0 Å². The van der Waals surface area contributed by atoms with Gasteiger partial charge >= 0.3 is 0 Å². The normalized spacial score (nSPS) is 18.8. The van der Waals surface area contributed by atoms with Gasteiger partial charge in [0.05, 0.1) is 7.11 Å². The zero-order valence-electron chi connectivity index (χ0n) is 14.8. The molecule has 2 fully saturated rings. The maximum Gasteiger partial charge on any atom is 0.246 e. The van der Waals surface area contributed by atoms with Crippen molar-refractivity contribution in [2.45, 2.75) is 25.7 Å². The summed E-state index contributed by atoms with van der Waals surface area (Å²) in [6.07, 6.45) is 7.17. The van der Waals surface area contributed by atoms with Gasteiger partial charge in [-0.3, -0.25) is 9.59 Å². The molecule has 5 heteroatoms. The van der Waals surface area contributed by atoms with Gasteiger partial charge in [-0.05, 0) is 37.8 Å². The van der Waals surface area contributed by atoms with Gasteiger partial charge in [-0.25, -0.2) is 0 Å². The number of benzene rings is 1. The van der Waals surface area contributed by atoms with Crippen molar-refractivity contribution >= 4 is 17.9 Å². The summed E-state index contributed by atoms with van der Waals surface area (Å²) in [5.41, 5.74) is 0.887. The van der Waals surface area contributed by atoms with Gasteiger partial charge in [0.2, 0.25) is 11.8 Å². The molecule has 0 spiro atoms. The summed E-state index contributed by atoms with van der Waals surface area (Å²) in [4.78, 5) is 28.7. The van der Waals surface area contributed by atoms with Gasteiger partial charge in [-0.2, -0.15) is 0 Å². The quantitative estimate of drug-likeness (QED) is 0.790. The van der Waals surface area contributed by atoms with E-state index in [-0.39, 0.29) is 17.7 Å². The molecule has 0 N–H and O–H groups in total. The van der Waals surface area contributed by atoms with Crippen LogP contribution in [0.5, 0.6) is 5.75 Å². The Hall–Kier alpha value is -2.30. The molecular formula is C20H26N2O3. The Balaban J connectivity index is 1.53. The molecule has 2 saturated heterocycles. The Morgan fingerprint density at radius 2 is 1.72 bits per heavy atom. The second-order valence-corrected chi connectivity index (χ2v) is 6.71. The number of ether oxygens (including phenoxy) is 1. The fourth-order valence-electron chi connectivity index (χ4n) is 3.61. The molecule has 2 heterocycles. The van der Waals surface area contributed by atoms with E-state index in [1.54, 1.807) is 19.3 Å². The van der Waals surface area contributed by atoms with Crippen LogP contribution in [-0.4, -0.2) is 54.9 Å². The van der Waals surface area contributed by atoms with E-state index < -0.39 is 0 Å². The van der Waals surface area contributed by atoms with E-state index in [9.17, 15) is 9.59 Å². The maximum absolute atomic E-state index is 12.5. The summed E-state index contributed by atoms with van der Waals surface area (Å²) in [6.45, 7) is 3.11. The van der Waals surface area contributed by atoms with Crippen LogP contribution in [0, 0.1) is 5.92 Å². The average Bonchev–Trinajstić information content (AvgIpc) is 3.20. The smallest absolute Gasteiger partial charge is 0.246 e. The highest BCUT2D eigenvalue weighted by Crippen LogP contribution is 2.23. The Morgan fingerprint density at radius 1 is 1.04 bits per heavy atom. The minimum Gasteiger partial charge on any atom is -0.496 e. The molecule has 134 valence electrons. The van der Waals surface area contributed by atoms with E-state index >= 15 is 0 Å². The monoisotopic (exact) mass is 342 g/mol. The van der Waals surface area contributed by atoms with Gasteiger partial charge in [0.25, 0.3) is 0 Å². The van der Waals surface area contributed by atoms with E-state index in [1.165, 1.54) is 0 Å². The zero-order valence-corrected chi connectivity index (χ0v) is 14.8. The van der Waals surface area contributed by atoms with Crippen molar-refractivity contribution < 1.29 is 14.3 Å². The lowest BCUT2D eigenvalue weighted by Gasteiger charge is -2.32. The number of carbonyl (C=O) groups is 2. The van der Waals surface area contributed by atoms with Crippen LogP contribution >= 0.6 is 0 Å². The lowest BCUT2D eigenvalue weighted by Crippen LogP contribution is -2.43. The van der Waals surface area contributed by atoms with Crippen molar-refractivity contribution in [2.75, 3.05) is 33.3 Å². The van der Waals surface area contributed by atoms with Crippen LogP contribution < -0.4 is 4.74 Å². The summed E-state index contributed by atoms with van der Waals surface area (Å²) >= 11 is 0. The van der Waals surface area contributed by atoms with Crippen molar-refractivity contribution in [2.24, 2.45) is 5.92 Å². The van der Waals surface area contributed by atoms with Crippen LogP contribution in [0.4, 0.5) is 0 Å². The van der Waals surface area contributed by atoms with Crippen molar-refractivity contribution in [3.8, 4) is 5.75 Å². The molecule has 2 amide bonds. The first-order chi connectivity index (χ1) is 12.2. The number of hydrogen-bond donors (Lipinski definition) is 0. The maximum atomic E-state index is 12.5. The number of rotatable bonds is 4. The Labute approximate surface area is 149 Å². The second kappa shape index (κ2) is 8.19. The van der Waals surface area contributed by atoms with Crippen LogP contribution in [0.25, 0.3) is 6.08 Å². The van der Waals surface area contributed by atoms with Crippen LogP contribution in [0.3, 0.4) is 0 Å². The summed E-state index contributed by atoms with van der Waals surface area (Å²) in [7, 11) is 1.62. The number of para-hydroxylation sites is 1. The number of likely N-dealkylation sites (tertiary alicyclic amines) is 2. The lowest BCUT2D eigenvalue weighted by molar-refractivity contribution is -0.138. The first kappa shape index (κ1) is 17.5. The molecule has 25 heavy (non-hydrogen) atoms. The summed E-state index contributed by atoms with van der Waals surface area (Å²) in [6, 6.07) is 7.62. The molecule has 0 unspecified atom stereocenters. The van der Waals surface area contributed by atoms with Crippen LogP contribution in [-0.2, 0) is 9.59 Å². The van der Waals surface area contributed by atoms with Crippen molar-refractivity contribution in [1.82, 2.24) is 9.80 Å². The predicted octanol–water partition coefficient (Wildman–Crippen LogP) is 2.57. The molecule has 0 aromatic heterocycles. The van der Waals surface area contributed by atoms with Gasteiger partial charge in [-0.15, -0.1) is 0 Å². The topological polar surface area (TPSA) is 49.9 Å². The molecule has 1 aromatic rings. The molecule has 0 aliphatic carbocycles. The standard InChI is InChI=1S/C20H26N2O3/c1-25-18-7-3-2-6-16(18)8-9-19(23)21-14-10-17(11-15-21)20(24)22-12-4-5-13-22/h2-3,6-9,17H,4-5,10-15H2,1H3/b9-8+. The van der Waals surface area contributed by atoms with Crippen LogP contribution in [0.1, 0.15) is 31.2 Å². The van der Waals surface area contributed by atoms with Crippen LogP contribution in [0.15, 0.2) is 30.3 Å². The molecule has 1 aromatic carbocycles. The molecule has 0 atom stereocenters. The van der Waals surface area contributed by atoms with Crippen molar-refractivity contribution in [3.63, 3.8) is 0 Å².